The second kappa shape index (κ2) is 6.36. The van der Waals surface area contributed by atoms with E-state index >= 15 is 0 Å². The SMILES string of the molecule is C[C@H](NCc1ccccc1)[C@H](O)c1ccc(O)cc1. The molecule has 0 aliphatic carbocycles. The molecular formula is C16H19NO2. The summed E-state index contributed by atoms with van der Waals surface area (Å²) >= 11 is 0. The summed E-state index contributed by atoms with van der Waals surface area (Å²) in [6, 6.07) is 16.7. The molecule has 3 heteroatoms. The molecule has 2 rings (SSSR count). The van der Waals surface area contributed by atoms with Crippen LogP contribution in [0.3, 0.4) is 0 Å². The van der Waals surface area contributed by atoms with Crippen molar-refractivity contribution >= 4 is 0 Å². The normalized spacial score (nSPS) is 14.0. The Morgan fingerprint density at radius 1 is 1.00 bits per heavy atom. The van der Waals surface area contributed by atoms with Crippen molar-refractivity contribution in [1.29, 1.82) is 0 Å². The Morgan fingerprint density at radius 3 is 2.26 bits per heavy atom. The molecule has 100 valence electrons. The van der Waals surface area contributed by atoms with Gasteiger partial charge in [0.15, 0.2) is 0 Å². The second-order valence-electron chi connectivity index (χ2n) is 4.69. The Labute approximate surface area is 113 Å². The number of hydrogen-bond acceptors (Lipinski definition) is 3. The highest BCUT2D eigenvalue weighted by atomic mass is 16.3. The fourth-order valence-corrected chi connectivity index (χ4v) is 1.95. The molecule has 0 unspecified atom stereocenters. The molecule has 0 fully saturated rings. The van der Waals surface area contributed by atoms with Gasteiger partial charge in [0.05, 0.1) is 6.10 Å². The number of nitrogens with one attached hydrogen (secondary N) is 1. The van der Waals surface area contributed by atoms with Crippen molar-refractivity contribution in [3.8, 4) is 5.75 Å². The average molecular weight is 257 g/mol. The molecule has 0 saturated heterocycles. The molecule has 0 aliphatic heterocycles. The standard InChI is InChI=1S/C16H19NO2/c1-12(17-11-13-5-3-2-4-6-13)16(19)14-7-9-15(18)10-8-14/h2-10,12,16-19H,11H2,1H3/t12-,16-/m0/s1. The van der Waals surface area contributed by atoms with Gasteiger partial charge in [0.2, 0.25) is 0 Å². The van der Waals surface area contributed by atoms with E-state index in [1.54, 1.807) is 24.3 Å². The van der Waals surface area contributed by atoms with E-state index < -0.39 is 6.10 Å². The van der Waals surface area contributed by atoms with Crippen molar-refractivity contribution < 1.29 is 10.2 Å². The highest BCUT2D eigenvalue weighted by Crippen LogP contribution is 2.19. The van der Waals surface area contributed by atoms with Gasteiger partial charge in [-0.15, -0.1) is 0 Å². The maximum atomic E-state index is 10.2. The second-order valence-corrected chi connectivity index (χ2v) is 4.69. The minimum atomic E-state index is -0.593. The lowest BCUT2D eigenvalue weighted by Gasteiger charge is -2.20. The predicted molar refractivity (Wildman–Crippen MR) is 75.8 cm³/mol. The number of benzene rings is 2. The third kappa shape index (κ3) is 3.81. The highest BCUT2D eigenvalue weighted by molar-refractivity contribution is 5.28. The summed E-state index contributed by atoms with van der Waals surface area (Å²) in [5.41, 5.74) is 1.98. The number of rotatable bonds is 5. The molecule has 0 bridgehead atoms. The van der Waals surface area contributed by atoms with Crippen LogP contribution in [-0.2, 0) is 6.54 Å². The maximum Gasteiger partial charge on any atom is 0.115 e. The smallest absolute Gasteiger partial charge is 0.115 e. The summed E-state index contributed by atoms with van der Waals surface area (Å²) in [4.78, 5) is 0. The Morgan fingerprint density at radius 2 is 1.63 bits per heavy atom. The lowest BCUT2D eigenvalue weighted by molar-refractivity contribution is 0.135. The van der Waals surface area contributed by atoms with Crippen molar-refractivity contribution in [3.05, 3.63) is 65.7 Å². The Hall–Kier alpha value is -1.84. The Balaban J connectivity index is 1.92. The number of aliphatic hydroxyl groups excluding tert-OH is 1. The highest BCUT2D eigenvalue weighted by Gasteiger charge is 2.15. The third-order valence-corrected chi connectivity index (χ3v) is 3.18. The van der Waals surface area contributed by atoms with E-state index in [4.69, 9.17) is 0 Å². The van der Waals surface area contributed by atoms with Crippen LogP contribution in [0.1, 0.15) is 24.2 Å². The van der Waals surface area contributed by atoms with Crippen molar-refractivity contribution in [2.45, 2.75) is 25.6 Å². The van der Waals surface area contributed by atoms with E-state index in [9.17, 15) is 10.2 Å². The fraction of sp³-hybridized carbons (Fsp3) is 0.250. The van der Waals surface area contributed by atoms with Crippen LogP contribution in [0.4, 0.5) is 0 Å². The van der Waals surface area contributed by atoms with E-state index in [1.165, 1.54) is 5.56 Å². The molecule has 2 aromatic carbocycles. The first-order chi connectivity index (χ1) is 9.16. The molecule has 0 saturated carbocycles. The molecule has 0 aromatic heterocycles. The van der Waals surface area contributed by atoms with Crippen LogP contribution in [-0.4, -0.2) is 16.3 Å². The van der Waals surface area contributed by atoms with Gasteiger partial charge in [-0.25, -0.2) is 0 Å². The van der Waals surface area contributed by atoms with Gasteiger partial charge in [0.25, 0.3) is 0 Å². The summed E-state index contributed by atoms with van der Waals surface area (Å²) in [6.07, 6.45) is -0.593. The van der Waals surface area contributed by atoms with E-state index in [2.05, 4.69) is 5.32 Å². The van der Waals surface area contributed by atoms with Crippen LogP contribution in [0.2, 0.25) is 0 Å². The van der Waals surface area contributed by atoms with Gasteiger partial charge in [-0.2, -0.15) is 0 Å². The molecule has 0 radical (unpaired) electrons. The van der Waals surface area contributed by atoms with Crippen molar-refractivity contribution in [2.24, 2.45) is 0 Å². The molecule has 2 atom stereocenters. The lowest BCUT2D eigenvalue weighted by Crippen LogP contribution is -2.31. The largest absolute Gasteiger partial charge is 0.508 e. The topological polar surface area (TPSA) is 52.5 Å². The average Bonchev–Trinajstić information content (AvgIpc) is 2.46. The van der Waals surface area contributed by atoms with Crippen molar-refractivity contribution in [3.63, 3.8) is 0 Å². The molecule has 0 amide bonds. The summed E-state index contributed by atoms with van der Waals surface area (Å²) in [7, 11) is 0. The van der Waals surface area contributed by atoms with Gasteiger partial charge in [-0.05, 0) is 30.2 Å². The van der Waals surface area contributed by atoms with Gasteiger partial charge in [-0.1, -0.05) is 42.5 Å². The first kappa shape index (κ1) is 13.6. The van der Waals surface area contributed by atoms with Crippen LogP contribution in [0.15, 0.2) is 54.6 Å². The number of hydrogen-bond donors (Lipinski definition) is 3. The minimum absolute atomic E-state index is 0.0650. The third-order valence-electron chi connectivity index (χ3n) is 3.18. The molecule has 0 heterocycles. The molecule has 3 nitrogen and oxygen atoms in total. The molecule has 0 spiro atoms. The van der Waals surface area contributed by atoms with Gasteiger partial charge in [-0.3, -0.25) is 0 Å². The maximum absolute atomic E-state index is 10.2. The monoisotopic (exact) mass is 257 g/mol. The van der Waals surface area contributed by atoms with Gasteiger partial charge in [0, 0.05) is 12.6 Å². The molecule has 3 N–H and O–H groups in total. The zero-order valence-corrected chi connectivity index (χ0v) is 11.0. The summed E-state index contributed by atoms with van der Waals surface area (Å²) in [5, 5.41) is 22.7. The summed E-state index contributed by atoms with van der Waals surface area (Å²) < 4.78 is 0. The zero-order valence-electron chi connectivity index (χ0n) is 11.0. The van der Waals surface area contributed by atoms with Crippen LogP contribution in [0.25, 0.3) is 0 Å². The number of aliphatic hydroxyl groups is 1. The van der Waals surface area contributed by atoms with Crippen molar-refractivity contribution in [2.75, 3.05) is 0 Å². The van der Waals surface area contributed by atoms with E-state index in [0.717, 1.165) is 12.1 Å². The van der Waals surface area contributed by atoms with E-state index in [0.29, 0.717) is 0 Å². The van der Waals surface area contributed by atoms with Gasteiger partial charge >= 0.3 is 0 Å². The molecule has 2 aromatic rings. The minimum Gasteiger partial charge on any atom is -0.508 e. The van der Waals surface area contributed by atoms with Crippen LogP contribution >= 0.6 is 0 Å². The van der Waals surface area contributed by atoms with Gasteiger partial charge < -0.3 is 15.5 Å². The molecule has 0 aliphatic rings. The quantitative estimate of drug-likeness (QED) is 0.771. The predicted octanol–water partition coefficient (Wildman–Crippen LogP) is 2.60. The first-order valence-electron chi connectivity index (χ1n) is 6.41. The number of phenols is 1. The number of aromatic hydroxyl groups is 1. The van der Waals surface area contributed by atoms with E-state index in [1.807, 2.05) is 37.3 Å². The van der Waals surface area contributed by atoms with Crippen LogP contribution in [0, 0.1) is 0 Å². The van der Waals surface area contributed by atoms with E-state index in [-0.39, 0.29) is 11.8 Å². The lowest BCUT2D eigenvalue weighted by atomic mass is 10.0. The van der Waals surface area contributed by atoms with Gasteiger partial charge in [0.1, 0.15) is 5.75 Å². The van der Waals surface area contributed by atoms with Crippen LogP contribution < -0.4 is 5.32 Å². The van der Waals surface area contributed by atoms with Crippen molar-refractivity contribution in [1.82, 2.24) is 5.32 Å². The summed E-state index contributed by atoms with van der Waals surface area (Å²) in [5.74, 6) is 0.209. The summed E-state index contributed by atoms with van der Waals surface area (Å²) in [6.45, 7) is 2.66. The molecule has 19 heavy (non-hydrogen) atoms. The Kier molecular flexibility index (Phi) is 4.55. The van der Waals surface area contributed by atoms with Crippen LogP contribution in [0.5, 0.6) is 5.75 Å². The first-order valence-corrected chi connectivity index (χ1v) is 6.41. The number of phenolic OH excluding ortho intramolecular Hbond substituents is 1. The fourth-order valence-electron chi connectivity index (χ4n) is 1.95. The molecular weight excluding hydrogens is 238 g/mol. The Bertz CT molecular complexity index is 496. The zero-order chi connectivity index (χ0) is 13.7.